The second-order valence-corrected chi connectivity index (χ2v) is 5.54. The number of hydrogen-bond donors (Lipinski definition) is 1. The molecule has 9 nitrogen and oxygen atoms in total. The van der Waals surface area contributed by atoms with E-state index in [1.54, 1.807) is 19.1 Å². The second kappa shape index (κ2) is 7.51. The van der Waals surface area contributed by atoms with E-state index >= 15 is 0 Å². The number of carbonyl (C=O) groups excluding carboxylic acids is 2. The Balaban J connectivity index is 2.18. The highest BCUT2D eigenvalue weighted by atomic mass is 32.2. The summed E-state index contributed by atoms with van der Waals surface area (Å²) < 4.78 is 4.44. The Bertz CT molecular complexity index is 800. The predicted octanol–water partition coefficient (Wildman–Crippen LogP) is 1.51. The van der Waals surface area contributed by atoms with Crippen molar-refractivity contribution in [2.24, 2.45) is 10.2 Å². The van der Waals surface area contributed by atoms with Crippen LogP contribution in [0.2, 0.25) is 0 Å². The monoisotopic (exact) mass is 348 g/mol. The number of nitro groups is 1. The van der Waals surface area contributed by atoms with E-state index in [4.69, 9.17) is 0 Å². The number of nitrogens with one attached hydrogen (secondary N) is 1. The van der Waals surface area contributed by atoms with Gasteiger partial charge in [0, 0.05) is 11.6 Å². The highest BCUT2D eigenvalue weighted by Gasteiger charge is 2.25. The standard InChI is InChI=1S/C14H12N4O5S/c1-8-4-3-5-9(12(8)18(21)22)7-15-17-14-16-13(20)10(24-14)6-11(19)23-2/h3-7H,1-2H3,(H,16,17,20)/b10-6+,15-7?. The number of thioether (sulfide) groups is 1. The zero-order valence-corrected chi connectivity index (χ0v) is 13.5. The van der Waals surface area contributed by atoms with Gasteiger partial charge in [0.15, 0.2) is 5.17 Å². The van der Waals surface area contributed by atoms with Gasteiger partial charge >= 0.3 is 5.97 Å². The Kier molecular flexibility index (Phi) is 5.42. The lowest BCUT2D eigenvalue weighted by molar-refractivity contribution is -0.385. The zero-order chi connectivity index (χ0) is 17.7. The Hall–Kier alpha value is -3.01. The fourth-order valence-electron chi connectivity index (χ4n) is 1.82. The molecule has 1 saturated heterocycles. The Morgan fingerprint density at radius 3 is 2.88 bits per heavy atom. The number of carbonyl (C=O) groups is 2. The number of rotatable bonds is 4. The lowest BCUT2D eigenvalue weighted by Gasteiger charge is -1.99. The predicted molar refractivity (Wildman–Crippen MR) is 88.7 cm³/mol. The quantitative estimate of drug-likeness (QED) is 0.289. The van der Waals surface area contributed by atoms with Crippen LogP contribution in [0.3, 0.4) is 0 Å². The fourth-order valence-corrected chi connectivity index (χ4v) is 2.56. The summed E-state index contributed by atoms with van der Waals surface area (Å²) in [5.41, 5.74) is 0.739. The van der Waals surface area contributed by atoms with Crippen molar-refractivity contribution in [2.75, 3.05) is 7.11 Å². The van der Waals surface area contributed by atoms with Gasteiger partial charge in [-0.2, -0.15) is 5.10 Å². The van der Waals surface area contributed by atoms with Gasteiger partial charge in [0.1, 0.15) is 0 Å². The molecule has 0 atom stereocenters. The molecule has 0 unspecified atom stereocenters. The van der Waals surface area contributed by atoms with Crippen molar-refractivity contribution in [1.82, 2.24) is 5.32 Å². The summed E-state index contributed by atoms with van der Waals surface area (Å²) in [6, 6.07) is 4.83. The fraction of sp³-hybridized carbons (Fsp3) is 0.143. The van der Waals surface area contributed by atoms with Gasteiger partial charge in [0.05, 0.1) is 28.7 Å². The molecule has 124 valence electrons. The van der Waals surface area contributed by atoms with E-state index in [2.05, 4.69) is 20.3 Å². The topological polar surface area (TPSA) is 123 Å². The number of methoxy groups -OCH3 is 1. The van der Waals surface area contributed by atoms with E-state index in [9.17, 15) is 19.7 Å². The number of para-hydroxylation sites is 1. The van der Waals surface area contributed by atoms with Gasteiger partial charge in [0.25, 0.3) is 11.6 Å². The normalized spacial score (nSPS) is 17.5. The van der Waals surface area contributed by atoms with Gasteiger partial charge in [-0.25, -0.2) is 4.79 Å². The Labute approximate surface area is 140 Å². The zero-order valence-electron chi connectivity index (χ0n) is 12.7. The lowest BCUT2D eigenvalue weighted by Crippen LogP contribution is -2.19. The number of nitrogens with zero attached hydrogens (tertiary/aromatic N) is 3. The van der Waals surface area contributed by atoms with Gasteiger partial charge in [-0.05, 0) is 24.8 Å². The molecule has 0 aromatic heterocycles. The summed E-state index contributed by atoms with van der Waals surface area (Å²) in [5.74, 6) is -1.16. The third kappa shape index (κ3) is 4.04. The highest BCUT2D eigenvalue weighted by Crippen LogP contribution is 2.24. The molecule has 0 radical (unpaired) electrons. The summed E-state index contributed by atoms with van der Waals surface area (Å²) in [6.07, 6.45) is 2.27. The van der Waals surface area contributed by atoms with Crippen molar-refractivity contribution in [2.45, 2.75) is 6.92 Å². The van der Waals surface area contributed by atoms with Gasteiger partial charge < -0.3 is 4.74 Å². The van der Waals surface area contributed by atoms with Crippen molar-refractivity contribution in [3.8, 4) is 0 Å². The molecule has 1 amide bonds. The minimum Gasteiger partial charge on any atom is -0.466 e. The van der Waals surface area contributed by atoms with Crippen molar-refractivity contribution < 1.29 is 19.2 Å². The molecule has 0 spiro atoms. The third-order valence-electron chi connectivity index (χ3n) is 2.90. The SMILES string of the molecule is COC(=O)/C=C1/S/C(=N\N=Cc2cccc(C)c2[N+](=O)[O-])NC1=O. The van der Waals surface area contributed by atoms with Crippen LogP contribution in [0.4, 0.5) is 5.69 Å². The first kappa shape index (κ1) is 17.3. The van der Waals surface area contributed by atoms with E-state index in [1.165, 1.54) is 19.4 Å². The van der Waals surface area contributed by atoms with Crippen molar-refractivity contribution in [3.63, 3.8) is 0 Å². The summed E-state index contributed by atoms with van der Waals surface area (Å²) in [6.45, 7) is 1.62. The number of hydrogen-bond acceptors (Lipinski definition) is 8. The number of benzene rings is 1. The first-order chi connectivity index (χ1) is 11.4. The van der Waals surface area contributed by atoms with Crippen molar-refractivity contribution in [1.29, 1.82) is 0 Å². The van der Waals surface area contributed by atoms with Crippen LogP contribution in [0.1, 0.15) is 11.1 Å². The average molecular weight is 348 g/mol. The molecule has 1 aliphatic heterocycles. The van der Waals surface area contributed by atoms with Crippen LogP contribution in [0.25, 0.3) is 0 Å². The maximum atomic E-state index is 11.6. The summed E-state index contributed by atoms with van der Waals surface area (Å²) >= 11 is 0.913. The molecule has 1 heterocycles. The molecule has 0 aliphatic carbocycles. The first-order valence-corrected chi connectivity index (χ1v) is 7.38. The van der Waals surface area contributed by atoms with Crippen LogP contribution in [0, 0.1) is 17.0 Å². The second-order valence-electron chi connectivity index (χ2n) is 4.51. The molecule has 0 saturated carbocycles. The van der Waals surface area contributed by atoms with Crippen LogP contribution in [0.15, 0.2) is 39.4 Å². The minimum absolute atomic E-state index is 0.0594. The van der Waals surface area contributed by atoms with Gasteiger partial charge in [-0.3, -0.25) is 20.2 Å². The first-order valence-electron chi connectivity index (χ1n) is 6.56. The molecular weight excluding hydrogens is 336 g/mol. The van der Waals surface area contributed by atoms with E-state index in [0.717, 1.165) is 17.8 Å². The molecule has 1 aromatic rings. The molecule has 2 rings (SSSR count). The van der Waals surface area contributed by atoms with Gasteiger partial charge in [0.2, 0.25) is 0 Å². The summed E-state index contributed by atoms with van der Waals surface area (Å²) in [4.78, 5) is 33.5. The lowest BCUT2D eigenvalue weighted by atomic mass is 10.1. The summed E-state index contributed by atoms with van der Waals surface area (Å²) in [5, 5.41) is 21.2. The van der Waals surface area contributed by atoms with Crippen LogP contribution < -0.4 is 5.32 Å². The Morgan fingerprint density at radius 1 is 1.46 bits per heavy atom. The molecule has 1 N–H and O–H groups in total. The van der Waals surface area contributed by atoms with E-state index in [1.807, 2.05) is 0 Å². The molecule has 1 aromatic carbocycles. The average Bonchev–Trinajstić information content (AvgIpc) is 2.86. The van der Waals surface area contributed by atoms with Gasteiger partial charge in [-0.1, -0.05) is 12.1 Å². The van der Waals surface area contributed by atoms with Crippen LogP contribution in [-0.2, 0) is 14.3 Å². The summed E-state index contributed by atoms with van der Waals surface area (Å²) in [7, 11) is 1.20. The van der Waals surface area contributed by atoms with Crippen molar-refractivity contribution in [3.05, 3.63) is 50.4 Å². The number of amides is 1. The number of nitro benzene ring substituents is 1. The third-order valence-corrected chi connectivity index (χ3v) is 3.80. The van der Waals surface area contributed by atoms with Crippen LogP contribution >= 0.6 is 11.8 Å². The largest absolute Gasteiger partial charge is 0.466 e. The molecule has 1 aliphatic rings. The van der Waals surface area contributed by atoms with Crippen LogP contribution in [0.5, 0.6) is 0 Å². The minimum atomic E-state index is -0.659. The maximum Gasteiger partial charge on any atom is 0.331 e. The smallest absolute Gasteiger partial charge is 0.331 e. The molecule has 10 heteroatoms. The van der Waals surface area contributed by atoms with Crippen molar-refractivity contribution >= 4 is 40.7 Å². The molecule has 24 heavy (non-hydrogen) atoms. The van der Waals surface area contributed by atoms with Gasteiger partial charge in [-0.15, -0.1) is 5.10 Å². The molecule has 0 bridgehead atoms. The number of amidine groups is 1. The Morgan fingerprint density at radius 2 is 2.21 bits per heavy atom. The van der Waals surface area contributed by atoms with E-state index in [0.29, 0.717) is 11.1 Å². The molecular formula is C14H12N4O5S. The van der Waals surface area contributed by atoms with E-state index < -0.39 is 16.8 Å². The maximum absolute atomic E-state index is 11.6. The highest BCUT2D eigenvalue weighted by molar-refractivity contribution is 8.18. The molecule has 1 fully saturated rings. The number of esters is 1. The number of aryl methyl sites for hydroxylation is 1. The van der Waals surface area contributed by atoms with Crippen LogP contribution in [-0.4, -0.2) is 35.3 Å². The van der Waals surface area contributed by atoms with E-state index in [-0.39, 0.29) is 15.8 Å². The number of ether oxygens (including phenoxy) is 1.